The molecular formula is C15H21ClN2O3. The summed E-state index contributed by atoms with van der Waals surface area (Å²) >= 11 is 0. The second-order valence-electron chi connectivity index (χ2n) is 5.48. The third kappa shape index (κ3) is 3.80. The fourth-order valence-corrected chi connectivity index (χ4v) is 2.75. The van der Waals surface area contributed by atoms with Gasteiger partial charge in [0.2, 0.25) is 12.7 Å². The minimum Gasteiger partial charge on any atom is -0.454 e. The first kappa shape index (κ1) is 15.9. The zero-order valence-corrected chi connectivity index (χ0v) is 12.9. The van der Waals surface area contributed by atoms with Crippen molar-refractivity contribution in [2.24, 2.45) is 5.92 Å². The molecule has 0 unspecified atom stereocenters. The van der Waals surface area contributed by atoms with E-state index in [2.05, 4.69) is 17.6 Å². The van der Waals surface area contributed by atoms with E-state index in [0.29, 0.717) is 12.6 Å². The molecule has 2 aliphatic rings. The monoisotopic (exact) mass is 312 g/mol. The first-order chi connectivity index (χ1) is 9.72. The Balaban J connectivity index is 0.00000161. The predicted octanol–water partition coefficient (Wildman–Crippen LogP) is 1.84. The van der Waals surface area contributed by atoms with Crippen LogP contribution in [0.4, 0.5) is 0 Å². The number of carbonyl (C=O) groups is 1. The summed E-state index contributed by atoms with van der Waals surface area (Å²) in [6, 6.07) is 6.19. The number of carbonyl (C=O) groups excluding carboxylic acids is 1. The first-order valence-corrected chi connectivity index (χ1v) is 7.12. The molecule has 2 heterocycles. The second kappa shape index (κ2) is 7.00. The zero-order chi connectivity index (χ0) is 13.9. The van der Waals surface area contributed by atoms with Crippen molar-refractivity contribution in [1.82, 2.24) is 10.6 Å². The Labute approximate surface area is 130 Å². The third-order valence-corrected chi connectivity index (χ3v) is 3.90. The normalized spacial score (nSPS) is 23.3. The molecule has 0 aromatic heterocycles. The van der Waals surface area contributed by atoms with Crippen LogP contribution in [0.25, 0.3) is 0 Å². The van der Waals surface area contributed by atoms with Crippen LogP contribution >= 0.6 is 12.4 Å². The Hall–Kier alpha value is -1.46. The van der Waals surface area contributed by atoms with Crippen LogP contribution in [0, 0.1) is 5.92 Å². The van der Waals surface area contributed by atoms with Gasteiger partial charge in [-0.25, -0.2) is 0 Å². The fraction of sp³-hybridized carbons (Fsp3) is 0.533. The molecule has 2 N–H and O–H groups in total. The fourth-order valence-electron chi connectivity index (χ4n) is 2.75. The summed E-state index contributed by atoms with van der Waals surface area (Å²) in [4.78, 5) is 12.2. The molecule has 5 nitrogen and oxygen atoms in total. The summed E-state index contributed by atoms with van der Waals surface area (Å²) in [7, 11) is 0. The number of hydrogen-bond donors (Lipinski definition) is 2. The number of amides is 1. The van der Waals surface area contributed by atoms with E-state index in [4.69, 9.17) is 9.47 Å². The molecule has 6 heteroatoms. The van der Waals surface area contributed by atoms with E-state index in [0.717, 1.165) is 36.4 Å². The van der Waals surface area contributed by atoms with Crippen LogP contribution in [0.2, 0.25) is 0 Å². The van der Waals surface area contributed by atoms with E-state index in [1.54, 1.807) is 0 Å². The molecule has 1 aromatic rings. The Morgan fingerprint density at radius 3 is 3.00 bits per heavy atom. The first-order valence-electron chi connectivity index (χ1n) is 7.12. The lowest BCUT2D eigenvalue weighted by Crippen LogP contribution is -2.42. The quantitative estimate of drug-likeness (QED) is 0.894. The molecule has 0 radical (unpaired) electrons. The van der Waals surface area contributed by atoms with Gasteiger partial charge in [-0.05, 0) is 44.0 Å². The number of piperidine rings is 1. The van der Waals surface area contributed by atoms with Crippen molar-refractivity contribution in [3.8, 4) is 11.5 Å². The third-order valence-electron chi connectivity index (χ3n) is 3.90. The Kier molecular flexibility index (Phi) is 5.31. The van der Waals surface area contributed by atoms with Gasteiger partial charge in [0.15, 0.2) is 11.5 Å². The summed E-state index contributed by atoms with van der Waals surface area (Å²) in [6.45, 7) is 3.85. The van der Waals surface area contributed by atoms with Crippen molar-refractivity contribution < 1.29 is 14.3 Å². The molecule has 2 atom stereocenters. The van der Waals surface area contributed by atoms with Crippen molar-refractivity contribution in [3.63, 3.8) is 0 Å². The molecule has 0 saturated carbocycles. The molecule has 116 valence electrons. The van der Waals surface area contributed by atoms with E-state index >= 15 is 0 Å². The van der Waals surface area contributed by atoms with Crippen LogP contribution in [-0.4, -0.2) is 25.3 Å². The van der Waals surface area contributed by atoms with Crippen LogP contribution in [0.15, 0.2) is 18.2 Å². The Morgan fingerprint density at radius 2 is 2.19 bits per heavy atom. The summed E-state index contributed by atoms with van der Waals surface area (Å²) in [5, 5.41) is 6.38. The number of rotatable bonds is 3. The van der Waals surface area contributed by atoms with Crippen LogP contribution in [0.1, 0.15) is 25.3 Å². The lowest BCUT2D eigenvalue weighted by Gasteiger charge is -2.27. The van der Waals surface area contributed by atoms with Gasteiger partial charge in [0.05, 0.1) is 0 Å². The number of hydrogen-bond acceptors (Lipinski definition) is 4. The molecule has 1 saturated heterocycles. The molecular weight excluding hydrogens is 292 g/mol. The van der Waals surface area contributed by atoms with E-state index < -0.39 is 0 Å². The zero-order valence-electron chi connectivity index (χ0n) is 12.1. The van der Waals surface area contributed by atoms with E-state index in [9.17, 15) is 4.79 Å². The van der Waals surface area contributed by atoms with Gasteiger partial charge in [0, 0.05) is 18.5 Å². The smallest absolute Gasteiger partial charge is 0.231 e. The maximum Gasteiger partial charge on any atom is 0.231 e. The van der Waals surface area contributed by atoms with Crippen molar-refractivity contribution in [3.05, 3.63) is 23.8 Å². The van der Waals surface area contributed by atoms with Crippen molar-refractivity contribution >= 4 is 18.3 Å². The van der Waals surface area contributed by atoms with Crippen molar-refractivity contribution in [2.75, 3.05) is 13.3 Å². The highest BCUT2D eigenvalue weighted by atomic mass is 35.5. The Bertz CT molecular complexity index is 510. The average Bonchev–Trinajstić information content (AvgIpc) is 2.92. The van der Waals surface area contributed by atoms with Gasteiger partial charge in [-0.3, -0.25) is 4.79 Å². The molecule has 0 spiro atoms. The number of ether oxygens (including phenoxy) is 2. The lowest BCUT2D eigenvalue weighted by atomic mass is 9.92. The van der Waals surface area contributed by atoms with Gasteiger partial charge in [0.1, 0.15) is 0 Å². The molecule has 2 aliphatic heterocycles. The molecule has 21 heavy (non-hydrogen) atoms. The summed E-state index contributed by atoms with van der Waals surface area (Å²) in [6.07, 6.45) is 1.82. The summed E-state index contributed by atoms with van der Waals surface area (Å²) < 4.78 is 10.6. The molecule has 0 bridgehead atoms. The van der Waals surface area contributed by atoms with Crippen LogP contribution in [0.3, 0.4) is 0 Å². The van der Waals surface area contributed by atoms with E-state index in [1.807, 2.05) is 18.2 Å². The Morgan fingerprint density at radius 1 is 1.38 bits per heavy atom. The van der Waals surface area contributed by atoms with Gasteiger partial charge >= 0.3 is 0 Å². The number of fused-ring (bicyclic) bond motifs is 1. The SMILES string of the molecule is C[C@H]1C[C@@H](C(=O)NCc2ccc3c(c2)OCO3)CCN1.Cl. The van der Waals surface area contributed by atoms with Crippen molar-refractivity contribution in [1.29, 1.82) is 0 Å². The highest BCUT2D eigenvalue weighted by Crippen LogP contribution is 2.32. The van der Waals surface area contributed by atoms with E-state index in [-0.39, 0.29) is 31.0 Å². The molecule has 0 aliphatic carbocycles. The lowest BCUT2D eigenvalue weighted by molar-refractivity contribution is -0.126. The van der Waals surface area contributed by atoms with E-state index in [1.165, 1.54) is 0 Å². The summed E-state index contributed by atoms with van der Waals surface area (Å²) in [5.41, 5.74) is 1.03. The standard InChI is InChI=1S/C15H20N2O3.ClH/c1-10-6-12(4-5-16-10)15(18)17-8-11-2-3-13-14(7-11)20-9-19-13;/h2-3,7,10,12,16H,4-6,8-9H2,1H3,(H,17,18);1H/t10-,12-;/m0./s1. The predicted molar refractivity (Wildman–Crippen MR) is 81.8 cm³/mol. The van der Waals surface area contributed by atoms with Crippen LogP contribution in [0.5, 0.6) is 11.5 Å². The van der Waals surface area contributed by atoms with Gasteiger partial charge in [0.25, 0.3) is 0 Å². The highest BCUT2D eigenvalue weighted by Gasteiger charge is 2.24. The largest absolute Gasteiger partial charge is 0.454 e. The van der Waals surface area contributed by atoms with Gasteiger partial charge in [-0.2, -0.15) is 0 Å². The second-order valence-corrected chi connectivity index (χ2v) is 5.48. The van der Waals surface area contributed by atoms with Crippen LogP contribution in [-0.2, 0) is 11.3 Å². The summed E-state index contributed by atoms with van der Waals surface area (Å²) in [5.74, 6) is 1.80. The molecule has 1 fully saturated rings. The number of benzene rings is 1. The maximum atomic E-state index is 12.2. The molecule has 3 rings (SSSR count). The molecule has 1 amide bonds. The van der Waals surface area contributed by atoms with Crippen molar-refractivity contribution in [2.45, 2.75) is 32.4 Å². The maximum absolute atomic E-state index is 12.2. The minimum absolute atomic E-state index is 0. The molecule has 1 aromatic carbocycles. The van der Waals surface area contributed by atoms with Gasteiger partial charge < -0.3 is 20.1 Å². The van der Waals surface area contributed by atoms with Gasteiger partial charge in [-0.1, -0.05) is 6.07 Å². The number of halogens is 1. The minimum atomic E-state index is 0. The van der Waals surface area contributed by atoms with Crippen LogP contribution < -0.4 is 20.1 Å². The topological polar surface area (TPSA) is 59.6 Å². The highest BCUT2D eigenvalue weighted by molar-refractivity contribution is 5.85. The average molecular weight is 313 g/mol. The number of nitrogens with one attached hydrogen (secondary N) is 2. The van der Waals surface area contributed by atoms with Gasteiger partial charge in [-0.15, -0.1) is 12.4 Å².